The summed E-state index contributed by atoms with van der Waals surface area (Å²) in [7, 11) is 0. The average Bonchev–Trinajstić information content (AvgIpc) is 3.17. The lowest BCUT2D eigenvalue weighted by atomic mass is 9.96. The Balaban J connectivity index is 0.000000153. The molecule has 2 saturated heterocycles. The third-order valence-electron chi connectivity index (χ3n) is 5.55. The van der Waals surface area contributed by atoms with Crippen molar-refractivity contribution >= 4 is 11.0 Å². The lowest BCUT2D eigenvalue weighted by Crippen LogP contribution is -2.56. The number of aromatic nitrogens is 2. The zero-order valence-electron chi connectivity index (χ0n) is 15.5. The number of benzene rings is 1. The number of hydrogen-bond acceptors (Lipinski definition) is 5. The molecule has 2 atom stereocenters. The Morgan fingerprint density at radius 2 is 1.89 bits per heavy atom. The van der Waals surface area contributed by atoms with E-state index in [-0.39, 0.29) is 11.9 Å². The van der Waals surface area contributed by atoms with Gasteiger partial charge < -0.3 is 10.6 Å². The highest BCUT2D eigenvalue weighted by Crippen LogP contribution is 2.37. The van der Waals surface area contributed by atoms with Crippen molar-refractivity contribution in [3.05, 3.63) is 60.3 Å². The Hall–Kier alpha value is -2.31. The summed E-state index contributed by atoms with van der Waals surface area (Å²) in [6.45, 7) is 3.60. The second-order valence-corrected chi connectivity index (χ2v) is 7.21. The molecule has 0 saturated carbocycles. The molecule has 1 aliphatic carbocycles. The molecule has 3 heterocycles. The van der Waals surface area contributed by atoms with Crippen molar-refractivity contribution in [2.75, 3.05) is 26.2 Å². The van der Waals surface area contributed by atoms with Gasteiger partial charge in [-0.25, -0.2) is 4.39 Å². The summed E-state index contributed by atoms with van der Waals surface area (Å²) < 4.78 is 14.1. The normalized spacial score (nSPS) is 24.4. The van der Waals surface area contributed by atoms with Crippen LogP contribution >= 0.6 is 0 Å². The number of halogens is 1. The lowest BCUT2D eigenvalue weighted by molar-refractivity contribution is 0.0915. The highest BCUT2D eigenvalue weighted by Gasteiger charge is 2.41. The summed E-state index contributed by atoms with van der Waals surface area (Å²) >= 11 is 0. The number of piperazine rings is 1. The van der Waals surface area contributed by atoms with Crippen LogP contribution in [0.4, 0.5) is 4.39 Å². The molecule has 142 valence electrons. The van der Waals surface area contributed by atoms with E-state index in [4.69, 9.17) is 5.73 Å². The minimum Gasteiger partial charge on any atom is -0.367 e. The van der Waals surface area contributed by atoms with Gasteiger partial charge in [0.15, 0.2) is 0 Å². The average molecular weight is 367 g/mol. The van der Waals surface area contributed by atoms with Crippen LogP contribution in [-0.2, 0) is 0 Å². The summed E-state index contributed by atoms with van der Waals surface area (Å²) in [5.74, 6) is -0.0325. The van der Waals surface area contributed by atoms with E-state index >= 15 is 0 Å². The van der Waals surface area contributed by atoms with E-state index in [0.717, 1.165) is 42.8 Å². The van der Waals surface area contributed by atoms with Crippen molar-refractivity contribution in [3.63, 3.8) is 0 Å². The highest BCUT2D eigenvalue weighted by molar-refractivity contribution is 5.72. The summed E-state index contributed by atoms with van der Waals surface area (Å²) in [5, 5.41) is 0. The fourth-order valence-electron chi connectivity index (χ4n) is 4.37. The van der Waals surface area contributed by atoms with Crippen LogP contribution in [0.3, 0.4) is 0 Å². The van der Waals surface area contributed by atoms with Crippen LogP contribution in [-0.4, -0.2) is 58.0 Å². The fourth-order valence-corrected chi connectivity index (χ4v) is 4.37. The molecule has 0 amide bonds. The maximum absolute atomic E-state index is 14.1. The molecule has 2 fully saturated rings. The first-order valence-electron chi connectivity index (χ1n) is 9.70. The van der Waals surface area contributed by atoms with Crippen molar-refractivity contribution in [3.8, 4) is 0 Å². The van der Waals surface area contributed by atoms with Crippen LogP contribution in [0.25, 0.3) is 11.0 Å². The number of para-hydroxylation sites is 2. The van der Waals surface area contributed by atoms with Gasteiger partial charge in [0.25, 0.3) is 0 Å². The molecule has 2 aliphatic heterocycles. The van der Waals surface area contributed by atoms with Gasteiger partial charge in [-0.15, -0.1) is 0 Å². The van der Waals surface area contributed by atoms with Crippen molar-refractivity contribution < 1.29 is 4.39 Å². The van der Waals surface area contributed by atoms with Gasteiger partial charge in [-0.3, -0.25) is 14.9 Å². The Morgan fingerprint density at radius 3 is 2.59 bits per heavy atom. The number of nitrogens with two attached hydrogens (primary N) is 1. The Labute approximate surface area is 159 Å². The molecule has 0 bridgehead atoms. The van der Waals surface area contributed by atoms with Crippen molar-refractivity contribution in [2.24, 2.45) is 5.73 Å². The predicted octanol–water partition coefficient (Wildman–Crippen LogP) is 2.86. The van der Waals surface area contributed by atoms with Crippen molar-refractivity contribution in [1.29, 1.82) is 0 Å². The Morgan fingerprint density at radius 1 is 1.15 bits per heavy atom. The molecule has 3 aliphatic rings. The van der Waals surface area contributed by atoms with E-state index in [0.29, 0.717) is 12.6 Å². The zero-order chi connectivity index (χ0) is 18.6. The molecule has 6 heteroatoms. The number of nitrogens with zero attached hydrogens (tertiary/aromatic N) is 4. The second-order valence-electron chi connectivity index (χ2n) is 7.21. The van der Waals surface area contributed by atoms with Gasteiger partial charge in [0, 0.05) is 44.6 Å². The topological polar surface area (TPSA) is 58.3 Å². The SMILES string of the molecule is NCCN1CC2CCCN2C2=C(F)C=CCC21.c1ccc2nccnc2c1. The first-order chi connectivity index (χ1) is 13.3. The van der Waals surface area contributed by atoms with Gasteiger partial charge in [-0.2, -0.15) is 0 Å². The monoisotopic (exact) mass is 367 g/mol. The number of fused-ring (bicyclic) bond motifs is 4. The van der Waals surface area contributed by atoms with Crippen LogP contribution in [0.1, 0.15) is 19.3 Å². The van der Waals surface area contributed by atoms with Crippen molar-refractivity contribution in [2.45, 2.75) is 31.3 Å². The molecule has 1 aromatic carbocycles. The van der Waals surface area contributed by atoms with Gasteiger partial charge in [0.1, 0.15) is 5.83 Å². The first kappa shape index (κ1) is 18.1. The van der Waals surface area contributed by atoms with Crippen LogP contribution < -0.4 is 5.73 Å². The Kier molecular flexibility index (Phi) is 5.45. The van der Waals surface area contributed by atoms with E-state index in [1.807, 2.05) is 30.3 Å². The summed E-state index contributed by atoms with van der Waals surface area (Å²) in [6, 6.07) is 8.53. The second kappa shape index (κ2) is 8.15. The zero-order valence-corrected chi connectivity index (χ0v) is 15.5. The molecule has 2 unspecified atom stereocenters. The number of hydrogen-bond donors (Lipinski definition) is 1. The smallest absolute Gasteiger partial charge is 0.143 e. The standard InChI is InChI=1S/C13H20FN3.C8H6N2/c14-11-4-1-5-12-13(11)17-7-2-3-10(17)9-16(12)8-6-15;1-2-4-8-7(3-1)9-5-6-10-8/h1,4,10,12H,2-3,5-9,15H2;1-6H. The summed E-state index contributed by atoms with van der Waals surface area (Å²) in [4.78, 5) is 12.9. The molecular formula is C21H26FN5. The number of rotatable bonds is 2. The van der Waals surface area contributed by atoms with Gasteiger partial charge in [-0.05, 0) is 37.5 Å². The largest absolute Gasteiger partial charge is 0.367 e. The molecule has 2 aromatic rings. The fraction of sp³-hybridized carbons (Fsp3) is 0.429. The van der Waals surface area contributed by atoms with Crippen molar-refractivity contribution in [1.82, 2.24) is 19.8 Å². The molecule has 27 heavy (non-hydrogen) atoms. The van der Waals surface area contributed by atoms with Gasteiger partial charge in [0.05, 0.1) is 22.8 Å². The van der Waals surface area contributed by atoms with E-state index in [1.54, 1.807) is 18.5 Å². The molecule has 5 nitrogen and oxygen atoms in total. The molecular weight excluding hydrogens is 341 g/mol. The maximum atomic E-state index is 14.1. The summed E-state index contributed by atoms with van der Waals surface area (Å²) in [6.07, 6.45) is 10.3. The van der Waals surface area contributed by atoms with Gasteiger partial charge >= 0.3 is 0 Å². The number of allylic oxidation sites excluding steroid dienone is 2. The molecule has 5 rings (SSSR count). The quantitative estimate of drug-likeness (QED) is 0.885. The van der Waals surface area contributed by atoms with Crippen LogP contribution in [0, 0.1) is 0 Å². The maximum Gasteiger partial charge on any atom is 0.143 e. The molecule has 0 spiro atoms. The van der Waals surface area contributed by atoms with Crippen LogP contribution in [0.2, 0.25) is 0 Å². The Bertz CT molecular complexity index is 784. The third-order valence-corrected chi connectivity index (χ3v) is 5.55. The molecule has 1 aromatic heterocycles. The van der Waals surface area contributed by atoms with Gasteiger partial charge in [-0.1, -0.05) is 18.2 Å². The molecule has 2 N–H and O–H groups in total. The van der Waals surface area contributed by atoms with E-state index in [9.17, 15) is 4.39 Å². The van der Waals surface area contributed by atoms with Crippen LogP contribution in [0.5, 0.6) is 0 Å². The minimum absolute atomic E-state index is 0.0325. The highest BCUT2D eigenvalue weighted by atomic mass is 19.1. The van der Waals surface area contributed by atoms with Gasteiger partial charge in [0.2, 0.25) is 0 Å². The molecule has 0 radical (unpaired) electrons. The first-order valence-corrected chi connectivity index (χ1v) is 9.70. The minimum atomic E-state index is -0.0325. The van der Waals surface area contributed by atoms with Crippen LogP contribution in [0.15, 0.2) is 60.3 Å². The lowest BCUT2D eigenvalue weighted by Gasteiger charge is -2.47. The predicted molar refractivity (Wildman–Crippen MR) is 106 cm³/mol. The summed E-state index contributed by atoms with van der Waals surface area (Å²) in [5.41, 5.74) is 8.49. The van der Waals surface area contributed by atoms with E-state index in [2.05, 4.69) is 19.8 Å². The third kappa shape index (κ3) is 3.73. The van der Waals surface area contributed by atoms with E-state index < -0.39 is 0 Å². The van der Waals surface area contributed by atoms with E-state index in [1.165, 1.54) is 12.8 Å².